The van der Waals surface area contributed by atoms with Crippen LogP contribution in [0, 0.1) is 0 Å². The molecule has 0 aliphatic carbocycles. The number of carbonyl (C=O) groups excluding carboxylic acids is 1. The predicted molar refractivity (Wildman–Crippen MR) is 75.1 cm³/mol. The van der Waals surface area contributed by atoms with Crippen molar-refractivity contribution in [2.75, 3.05) is 18.1 Å². The molecule has 1 aromatic rings. The van der Waals surface area contributed by atoms with Crippen molar-refractivity contribution >= 4 is 28.5 Å². The minimum absolute atomic E-state index is 0.0304. The van der Waals surface area contributed by atoms with Gasteiger partial charge in [0.15, 0.2) is 0 Å². The van der Waals surface area contributed by atoms with Gasteiger partial charge in [-0.25, -0.2) is 0 Å². The number of nitrogens with one attached hydrogen (secondary N) is 1. The maximum atomic E-state index is 11.8. The van der Waals surface area contributed by atoms with Crippen LogP contribution in [0.3, 0.4) is 0 Å². The fraction of sp³-hybridized carbons (Fsp3) is 0.417. The number of hydrogen-bond acceptors (Lipinski definition) is 3. The van der Waals surface area contributed by atoms with Crippen LogP contribution in [0.1, 0.15) is 23.2 Å². The van der Waals surface area contributed by atoms with Gasteiger partial charge >= 0.3 is 0 Å². The highest BCUT2D eigenvalue weighted by Gasteiger charge is 2.11. The van der Waals surface area contributed by atoms with Crippen molar-refractivity contribution in [3.05, 3.63) is 23.8 Å². The predicted octanol–water partition coefficient (Wildman–Crippen LogP) is 2.35. The molecular formula is C12H16INO3. The Balaban J connectivity index is 2.61. The quantitative estimate of drug-likeness (QED) is 0.471. The molecule has 0 saturated carbocycles. The number of phenolic OH excluding ortho intramolecular Hbond substituents is 1. The van der Waals surface area contributed by atoms with E-state index in [0.717, 1.165) is 17.3 Å². The fourth-order valence-electron chi connectivity index (χ4n) is 1.34. The standard InChI is InChI=1S/C12H16INO3/c1-17-9-4-5-11(15)10(8-9)12(16)14-7-3-2-6-13/h4-5,8,15H,2-3,6-7H2,1H3,(H,14,16). The van der Waals surface area contributed by atoms with E-state index in [-0.39, 0.29) is 17.2 Å². The number of halogens is 1. The number of aromatic hydroxyl groups is 1. The summed E-state index contributed by atoms with van der Waals surface area (Å²) in [7, 11) is 1.52. The van der Waals surface area contributed by atoms with Gasteiger partial charge in [0.25, 0.3) is 5.91 Å². The Labute approximate surface area is 115 Å². The second kappa shape index (κ2) is 7.37. The number of ether oxygens (including phenoxy) is 1. The van der Waals surface area contributed by atoms with Crippen molar-refractivity contribution in [3.63, 3.8) is 0 Å². The summed E-state index contributed by atoms with van der Waals surface area (Å²) in [5, 5.41) is 12.4. The summed E-state index contributed by atoms with van der Waals surface area (Å²) in [6, 6.07) is 4.60. The molecule has 1 amide bonds. The van der Waals surface area contributed by atoms with E-state index in [1.807, 2.05) is 0 Å². The Morgan fingerprint density at radius 1 is 1.47 bits per heavy atom. The lowest BCUT2D eigenvalue weighted by molar-refractivity contribution is 0.0950. The molecule has 5 heteroatoms. The highest BCUT2D eigenvalue weighted by molar-refractivity contribution is 14.1. The first kappa shape index (κ1) is 14.1. The molecule has 0 aliphatic rings. The molecule has 0 fully saturated rings. The second-order valence-electron chi connectivity index (χ2n) is 3.54. The average Bonchev–Trinajstić information content (AvgIpc) is 2.35. The number of alkyl halides is 1. The zero-order chi connectivity index (χ0) is 12.7. The smallest absolute Gasteiger partial charge is 0.255 e. The van der Waals surface area contributed by atoms with Gasteiger partial charge in [-0.1, -0.05) is 22.6 Å². The number of benzene rings is 1. The molecule has 0 aromatic heterocycles. The lowest BCUT2D eigenvalue weighted by Gasteiger charge is -2.08. The van der Waals surface area contributed by atoms with Gasteiger partial charge in [-0.05, 0) is 35.5 Å². The summed E-state index contributed by atoms with van der Waals surface area (Å²) in [4.78, 5) is 11.8. The van der Waals surface area contributed by atoms with E-state index in [1.54, 1.807) is 6.07 Å². The summed E-state index contributed by atoms with van der Waals surface area (Å²) in [5.41, 5.74) is 0.249. The first-order valence-corrected chi connectivity index (χ1v) is 6.92. The molecule has 0 spiro atoms. The van der Waals surface area contributed by atoms with E-state index in [4.69, 9.17) is 4.74 Å². The fourth-order valence-corrected chi connectivity index (χ4v) is 1.88. The molecule has 1 rings (SSSR count). The van der Waals surface area contributed by atoms with E-state index in [0.29, 0.717) is 12.3 Å². The molecule has 0 atom stereocenters. The topological polar surface area (TPSA) is 58.6 Å². The zero-order valence-electron chi connectivity index (χ0n) is 9.70. The lowest BCUT2D eigenvalue weighted by Crippen LogP contribution is -2.24. The number of amides is 1. The Morgan fingerprint density at radius 3 is 2.88 bits per heavy atom. The third kappa shape index (κ3) is 4.41. The van der Waals surface area contributed by atoms with E-state index in [2.05, 4.69) is 27.9 Å². The van der Waals surface area contributed by atoms with Crippen molar-refractivity contribution < 1.29 is 14.6 Å². The molecule has 0 radical (unpaired) electrons. The summed E-state index contributed by atoms with van der Waals surface area (Å²) >= 11 is 2.30. The molecule has 0 bridgehead atoms. The molecular weight excluding hydrogens is 333 g/mol. The van der Waals surface area contributed by atoms with Crippen LogP contribution in [0.25, 0.3) is 0 Å². The minimum atomic E-state index is -0.269. The van der Waals surface area contributed by atoms with Crippen LogP contribution in [0.15, 0.2) is 18.2 Å². The Hall–Kier alpha value is -0.980. The first-order valence-electron chi connectivity index (χ1n) is 5.40. The monoisotopic (exact) mass is 349 g/mol. The van der Waals surface area contributed by atoms with Gasteiger partial charge in [-0.3, -0.25) is 4.79 Å². The van der Waals surface area contributed by atoms with Crippen LogP contribution in [0.2, 0.25) is 0 Å². The summed E-state index contributed by atoms with van der Waals surface area (Å²) < 4.78 is 6.09. The van der Waals surface area contributed by atoms with Crippen LogP contribution in [0.5, 0.6) is 11.5 Å². The zero-order valence-corrected chi connectivity index (χ0v) is 11.9. The van der Waals surface area contributed by atoms with Crippen LogP contribution in [-0.4, -0.2) is 29.1 Å². The van der Waals surface area contributed by atoms with Crippen molar-refractivity contribution in [2.45, 2.75) is 12.8 Å². The normalized spacial score (nSPS) is 10.0. The third-order valence-corrected chi connectivity index (χ3v) is 3.06. The molecule has 0 unspecified atom stereocenters. The number of phenols is 1. The van der Waals surface area contributed by atoms with E-state index >= 15 is 0 Å². The minimum Gasteiger partial charge on any atom is -0.507 e. The maximum Gasteiger partial charge on any atom is 0.255 e. The maximum absolute atomic E-state index is 11.8. The largest absolute Gasteiger partial charge is 0.507 e. The summed E-state index contributed by atoms with van der Waals surface area (Å²) in [6.45, 7) is 0.623. The van der Waals surface area contributed by atoms with Crippen LogP contribution < -0.4 is 10.1 Å². The Bertz CT molecular complexity index is 382. The van der Waals surface area contributed by atoms with Gasteiger partial charge in [0.1, 0.15) is 11.5 Å². The van der Waals surface area contributed by atoms with Gasteiger partial charge in [-0.2, -0.15) is 0 Å². The van der Waals surface area contributed by atoms with Crippen molar-refractivity contribution in [1.82, 2.24) is 5.32 Å². The van der Waals surface area contributed by atoms with Gasteiger partial charge in [0.05, 0.1) is 12.7 Å². The number of hydrogen-bond donors (Lipinski definition) is 2. The van der Waals surface area contributed by atoms with Gasteiger partial charge < -0.3 is 15.2 Å². The SMILES string of the molecule is COc1ccc(O)c(C(=O)NCCCCI)c1. The molecule has 2 N–H and O–H groups in total. The number of carbonyl (C=O) groups is 1. The van der Waals surface area contributed by atoms with E-state index < -0.39 is 0 Å². The summed E-state index contributed by atoms with van der Waals surface area (Å²) in [6.07, 6.45) is 2.02. The van der Waals surface area contributed by atoms with Gasteiger partial charge in [0.2, 0.25) is 0 Å². The van der Waals surface area contributed by atoms with Crippen LogP contribution in [-0.2, 0) is 0 Å². The lowest BCUT2D eigenvalue weighted by atomic mass is 10.1. The number of rotatable bonds is 6. The molecule has 1 aromatic carbocycles. The molecule has 0 aliphatic heterocycles. The summed E-state index contributed by atoms with van der Waals surface area (Å²) in [5.74, 6) is 0.257. The molecule has 0 heterocycles. The first-order chi connectivity index (χ1) is 8.19. The van der Waals surface area contributed by atoms with Gasteiger partial charge in [0, 0.05) is 6.54 Å². The van der Waals surface area contributed by atoms with Crippen molar-refractivity contribution in [3.8, 4) is 11.5 Å². The highest BCUT2D eigenvalue weighted by atomic mass is 127. The second-order valence-corrected chi connectivity index (χ2v) is 4.61. The van der Waals surface area contributed by atoms with E-state index in [9.17, 15) is 9.90 Å². The molecule has 17 heavy (non-hydrogen) atoms. The number of methoxy groups -OCH3 is 1. The molecule has 0 saturated heterocycles. The Kier molecular flexibility index (Phi) is 6.10. The van der Waals surface area contributed by atoms with Crippen molar-refractivity contribution in [1.29, 1.82) is 0 Å². The number of unbranched alkanes of at least 4 members (excludes halogenated alkanes) is 1. The van der Waals surface area contributed by atoms with Crippen LogP contribution in [0.4, 0.5) is 0 Å². The van der Waals surface area contributed by atoms with Crippen LogP contribution >= 0.6 is 22.6 Å². The highest BCUT2D eigenvalue weighted by Crippen LogP contribution is 2.22. The van der Waals surface area contributed by atoms with Gasteiger partial charge in [-0.15, -0.1) is 0 Å². The molecule has 94 valence electrons. The molecule has 4 nitrogen and oxygen atoms in total. The average molecular weight is 349 g/mol. The third-order valence-electron chi connectivity index (χ3n) is 2.29. The Morgan fingerprint density at radius 2 is 2.24 bits per heavy atom. The van der Waals surface area contributed by atoms with E-state index in [1.165, 1.54) is 19.2 Å². The van der Waals surface area contributed by atoms with Crippen molar-refractivity contribution in [2.24, 2.45) is 0 Å².